The van der Waals surface area contributed by atoms with Crippen molar-refractivity contribution in [3.63, 3.8) is 0 Å². The second-order valence-electron chi connectivity index (χ2n) is 5.95. The van der Waals surface area contributed by atoms with Crippen molar-refractivity contribution in [2.75, 3.05) is 12.4 Å². The molecule has 0 atom stereocenters. The molecule has 7 heteroatoms. The lowest BCUT2D eigenvalue weighted by Crippen LogP contribution is -2.19. The summed E-state index contributed by atoms with van der Waals surface area (Å²) in [6.45, 7) is 2.33. The maximum absolute atomic E-state index is 13.8. The van der Waals surface area contributed by atoms with E-state index in [1.54, 1.807) is 16.8 Å². The summed E-state index contributed by atoms with van der Waals surface area (Å²) in [6.07, 6.45) is 2.38. The third kappa shape index (κ3) is 4.28. The normalized spacial score (nSPS) is 10.7. The average molecular weight is 388 g/mol. The Kier molecular flexibility index (Phi) is 5.76. The van der Waals surface area contributed by atoms with Crippen LogP contribution in [0.3, 0.4) is 0 Å². The van der Waals surface area contributed by atoms with Crippen LogP contribution in [-0.2, 0) is 13.0 Å². The Hall–Kier alpha value is -2.86. The molecule has 1 heterocycles. The Bertz CT molecular complexity index is 1020. The van der Waals surface area contributed by atoms with E-state index in [1.807, 2.05) is 31.2 Å². The zero-order valence-electron chi connectivity index (χ0n) is 15.0. The van der Waals surface area contributed by atoms with Crippen LogP contribution in [0.25, 0.3) is 0 Å². The van der Waals surface area contributed by atoms with Crippen LogP contribution in [0, 0.1) is 5.82 Å². The zero-order chi connectivity index (χ0) is 19.4. The van der Waals surface area contributed by atoms with Gasteiger partial charge in [-0.15, -0.1) is 0 Å². The fraction of sp³-hybridized carbons (Fsp3) is 0.200. The molecule has 0 aliphatic rings. The molecule has 3 aromatic rings. The van der Waals surface area contributed by atoms with Crippen LogP contribution in [0.1, 0.15) is 18.1 Å². The largest absolute Gasteiger partial charge is 0.490 e. The van der Waals surface area contributed by atoms with E-state index >= 15 is 0 Å². The summed E-state index contributed by atoms with van der Waals surface area (Å²) in [7, 11) is 1.41. The number of anilines is 2. The maximum atomic E-state index is 13.8. The summed E-state index contributed by atoms with van der Waals surface area (Å²) >= 11 is 5.76. The number of halogens is 2. The molecule has 2 aromatic carbocycles. The Morgan fingerprint density at radius 1 is 1.26 bits per heavy atom. The molecule has 0 unspecified atom stereocenters. The summed E-state index contributed by atoms with van der Waals surface area (Å²) in [5, 5.41) is 3.27. The van der Waals surface area contributed by atoms with Crippen molar-refractivity contribution in [3.8, 4) is 5.75 Å². The van der Waals surface area contributed by atoms with Crippen molar-refractivity contribution in [2.24, 2.45) is 0 Å². The molecule has 0 aliphatic heterocycles. The minimum Gasteiger partial charge on any atom is -0.490 e. The van der Waals surface area contributed by atoms with E-state index in [2.05, 4.69) is 10.3 Å². The number of methoxy groups -OCH3 is 1. The third-order valence-electron chi connectivity index (χ3n) is 4.16. The van der Waals surface area contributed by atoms with E-state index in [4.69, 9.17) is 16.3 Å². The number of hydrogen-bond donors (Lipinski definition) is 1. The minimum atomic E-state index is -0.499. The van der Waals surface area contributed by atoms with E-state index in [1.165, 1.54) is 19.2 Å². The minimum absolute atomic E-state index is 0.0598. The first-order valence-electron chi connectivity index (χ1n) is 8.46. The van der Waals surface area contributed by atoms with Crippen molar-refractivity contribution in [1.82, 2.24) is 9.55 Å². The number of hydrogen-bond acceptors (Lipinski definition) is 4. The van der Waals surface area contributed by atoms with Gasteiger partial charge in [0.15, 0.2) is 0 Å². The van der Waals surface area contributed by atoms with E-state index in [0.717, 1.165) is 17.7 Å². The first-order chi connectivity index (χ1) is 13.0. The van der Waals surface area contributed by atoms with Gasteiger partial charge in [0.25, 0.3) is 0 Å². The summed E-state index contributed by atoms with van der Waals surface area (Å²) in [5.74, 6) is -0.0446. The molecule has 0 bridgehead atoms. The van der Waals surface area contributed by atoms with Crippen molar-refractivity contribution >= 4 is 23.2 Å². The topological polar surface area (TPSA) is 56.1 Å². The smallest absolute Gasteiger partial charge is 0.316 e. The van der Waals surface area contributed by atoms with Crippen molar-refractivity contribution < 1.29 is 9.13 Å². The predicted octanol–water partition coefficient (Wildman–Crippen LogP) is 4.40. The summed E-state index contributed by atoms with van der Waals surface area (Å²) in [4.78, 5) is 16.3. The van der Waals surface area contributed by atoms with Crippen molar-refractivity contribution in [2.45, 2.75) is 19.9 Å². The lowest BCUT2D eigenvalue weighted by Gasteiger charge is -2.17. The highest BCUT2D eigenvalue weighted by Crippen LogP contribution is 2.22. The van der Waals surface area contributed by atoms with E-state index in [9.17, 15) is 9.18 Å². The van der Waals surface area contributed by atoms with Gasteiger partial charge in [0, 0.05) is 5.69 Å². The van der Waals surface area contributed by atoms with Gasteiger partial charge in [0.2, 0.25) is 11.7 Å². The highest BCUT2D eigenvalue weighted by Gasteiger charge is 2.12. The number of ether oxygens (including phenoxy) is 1. The fourth-order valence-electron chi connectivity index (χ4n) is 2.74. The molecule has 1 N–H and O–H groups in total. The van der Waals surface area contributed by atoms with Crippen LogP contribution >= 0.6 is 11.6 Å². The van der Waals surface area contributed by atoms with E-state index < -0.39 is 11.4 Å². The van der Waals surface area contributed by atoms with Gasteiger partial charge in [-0.05, 0) is 35.7 Å². The molecule has 0 fully saturated rings. The van der Waals surface area contributed by atoms with Crippen LogP contribution in [0.2, 0.25) is 5.02 Å². The quantitative estimate of drug-likeness (QED) is 0.681. The lowest BCUT2D eigenvalue weighted by molar-refractivity contribution is 0.402. The van der Waals surface area contributed by atoms with Gasteiger partial charge in [0.1, 0.15) is 5.82 Å². The monoisotopic (exact) mass is 387 g/mol. The average Bonchev–Trinajstić information content (AvgIpc) is 2.67. The SMILES string of the molecule is CCc1ccccc1Nc1nc(=O)c(OC)cn1Cc1ccc(Cl)c(F)c1. The molecule has 140 valence electrons. The lowest BCUT2D eigenvalue weighted by atomic mass is 10.1. The van der Waals surface area contributed by atoms with Gasteiger partial charge >= 0.3 is 5.56 Å². The number of aryl methyl sites for hydroxylation is 1. The van der Waals surface area contributed by atoms with Gasteiger partial charge in [-0.1, -0.05) is 42.8 Å². The van der Waals surface area contributed by atoms with Crippen LogP contribution in [0.15, 0.2) is 53.5 Å². The molecule has 0 aliphatic carbocycles. The number of nitrogens with one attached hydrogen (secondary N) is 1. The Balaban J connectivity index is 2.03. The molecule has 1 aromatic heterocycles. The third-order valence-corrected chi connectivity index (χ3v) is 4.47. The summed E-state index contributed by atoms with van der Waals surface area (Å²) < 4.78 is 20.6. The summed E-state index contributed by atoms with van der Waals surface area (Å²) in [5.41, 5.74) is 2.14. The molecule has 0 radical (unpaired) electrons. The Morgan fingerprint density at radius 2 is 2.04 bits per heavy atom. The molecule has 0 saturated carbocycles. The Labute approximate surface area is 161 Å². The molecule has 3 rings (SSSR count). The van der Waals surface area contributed by atoms with Crippen LogP contribution in [0.4, 0.5) is 16.0 Å². The second-order valence-corrected chi connectivity index (χ2v) is 6.36. The number of aromatic nitrogens is 2. The first-order valence-corrected chi connectivity index (χ1v) is 8.84. The number of para-hydroxylation sites is 1. The molecule has 0 amide bonds. The highest BCUT2D eigenvalue weighted by molar-refractivity contribution is 6.30. The number of nitrogens with zero attached hydrogens (tertiary/aromatic N) is 2. The summed E-state index contributed by atoms with van der Waals surface area (Å²) in [6, 6.07) is 12.4. The Morgan fingerprint density at radius 3 is 2.74 bits per heavy atom. The molecule has 0 spiro atoms. The number of benzene rings is 2. The predicted molar refractivity (Wildman–Crippen MR) is 105 cm³/mol. The zero-order valence-corrected chi connectivity index (χ0v) is 15.8. The first kappa shape index (κ1) is 18.9. The van der Waals surface area contributed by atoms with Crippen LogP contribution in [0.5, 0.6) is 5.75 Å². The molecule has 27 heavy (non-hydrogen) atoms. The van der Waals surface area contributed by atoms with E-state index in [-0.39, 0.29) is 17.3 Å². The number of rotatable bonds is 6. The molecular formula is C20H19ClFN3O2. The van der Waals surface area contributed by atoms with Crippen LogP contribution < -0.4 is 15.6 Å². The molecule has 5 nitrogen and oxygen atoms in total. The van der Waals surface area contributed by atoms with Gasteiger partial charge in [-0.25, -0.2) is 4.39 Å². The van der Waals surface area contributed by atoms with Gasteiger partial charge in [-0.2, -0.15) is 4.98 Å². The second kappa shape index (κ2) is 8.22. The van der Waals surface area contributed by atoms with E-state index in [0.29, 0.717) is 11.5 Å². The molecular weight excluding hydrogens is 369 g/mol. The molecule has 0 saturated heterocycles. The highest BCUT2D eigenvalue weighted by atomic mass is 35.5. The van der Waals surface area contributed by atoms with Gasteiger partial charge in [-0.3, -0.25) is 4.79 Å². The van der Waals surface area contributed by atoms with Crippen molar-refractivity contribution in [3.05, 3.63) is 81.0 Å². The fourth-order valence-corrected chi connectivity index (χ4v) is 2.86. The van der Waals surface area contributed by atoms with Crippen LogP contribution in [-0.4, -0.2) is 16.7 Å². The van der Waals surface area contributed by atoms with Gasteiger partial charge < -0.3 is 14.6 Å². The maximum Gasteiger partial charge on any atom is 0.316 e. The standard InChI is InChI=1S/C20H19ClFN3O2/c1-3-14-6-4-5-7-17(14)23-20-24-19(26)18(27-2)12-25(20)11-13-8-9-15(21)16(22)10-13/h4-10,12H,3,11H2,1-2H3,(H,23,24,26). The van der Waals surface area contributed by atoms with Crippen molar-refractivity contribution in [1.29, 1.82) is 0 Å². The van der Waals surface area contributed by atoms with Gasteiger partial charge in [0.05, 0.1) is 24.9 Å².